The second-order valence-electron chi connectivity index (χ2n) is 4.99. The van der Waals surface area contributed by atoms with Gasteiger partial charge in [-0.1, -0.05) is 13.0 Å². The van der Waals surface area contributed by atoms with Crippen molar-refractivity contribution in [2.24, 2.45) is 5.14 Å². The van der Waals surface area contributed by atoms with Crippen LogP contribution in [-0.4, -0.2) is 26.4 Å². The Kier molecular flexibility index (Phi) is 4.12. The van der Waals surface area contributed by atoms with Gasteiger partial charge in [0.05, 0.1) is 10.4 Å². The molecule has 1 unspecified atom stereocenters. The number of nitrogens with one attached hydrogen (secondary N) is 2. The summed E-state index contributed by atoms with van der Waals surface area (Å²) in [6.07, 6.45) is 2.43. The van der Waals surface area contributed by atoms with Crippen molar-refractivity contribution in [3.8, 4) is 0 Å². The van der Waals surface area contributed by atoms with Crippen molar-refractivity contribution in [3.63, 3.8) is 0 Å². The van der Waals surface area contributed by atoms with E-state index in [1.165, 1.54) is 12.1 Å². The van der Waals surface area contributed by atoms with Gasteiger partial charge in [-0.15, -0.1) is 0 Å². The number of hydrogen-bond acceptors (Lipinski definition) is 4. The highest BCUT2D eigenvalue weighted by atomic mass is 32.2. The molecular formula is C13H19N3O3S. The number of primary sulfonamides is 1. The first-order valence-corrected chi connectivity index (χ1v) is 8.11. The molecule has 0 aromatic heterocycles. The molecular weight excluding hydrogens is 278 g/mol. The molecule has 0 saturated carbocycles. The van der Waals surface area contributed by atoms with Gasteiger partial charge in [0.2, 0.25) is 15.9 Å². The Bertz CT molecular complexity index is 607. The number of rotatable bonds is 4. The summed E-state index contributed by atoms with van der Waals surface area (Å²) in [7, 11) is -3.77. The average Bonchev–Trinajstić information content (AvgIpc) is 2.88. The first-order chi connectivity index (χ1) is 9.37. The van der Waals surface area contributed by atoms with Crippen LogP contribution in [0.5, 0.6) is 0 Å². The molecule has 20 heavy (non-hydrogen) atoms. The zero-order chi connectivity index (χ0) is 14.8. The second kappa shape index (κ2) is 5.51. The monoisotopic (exact) mass is 297 g/mol. The lowest BCUT2D eigenvalue weighted by atomic mass is 9.93. The quantitative estimate of drug-likeness (QED) is 0.765. The fraction of sp³-hybridized carbons (Fsp3) is 0.462. The molecule has 110 valence electrons. The fourth-order valence-electron chi connectivity index (χ4n) is 2.46. The van der Waals surface area contributed by atoms with Gasteiger partial charge in [-0.25, -0.2) is 13.6 Å². The van der Waals surface area contributed by atoms with Crippen molar-refractivity contribution in [1.82, 2.24) is 5.32 Å². The summed E-state index contributed by atoms with van der Waals surface area (Å²) in [5, 5.41) is 11.1. The van der Waals surface area contributed by atoms with Gasteiger partial charge in [0, 0.05) is 5.69 Å². The van der Waals surface area contributed by atoms with E-state index in [0.717, 1.165) is 19.4 Å². The fourth-order valence-corrected chi connectivity index (χ4v) is 3.02. The normalized spacial score (nSPS) is 22.7. The van der Waals surface area contributed by atoms with Gasteiger partial charge in [-0.3, -0.25) is 4.79 Å². The third-order valence-corrected chi connectivity index (χ3v) is 4.61. The molecule has 7 heteroatoms. The van der Waals surface area contributed by atoms with Crippen LogP contribution in [0.15, 0.2) is 29.2 Å². The summed E-state index contributed by atoms with van der Waals surface area (Å²) in [5.41, 5.74) is -0.125. The molecule has 1 aromatic carbocycles. The molecule has 1 fully saturated rings. The molecule has 6 nitrogen and oxygen atoms in total. The number of hydrogen-bond donors (Lipinski definition) is 3. The summed E-state index contributed by atoms with van der Waals surface area (Å²) < 4.78 is 22.6. The third kappa shape index (κ3) is 3.00. The smallest absolute Gasteiger partial charge is 0.244 e. The molecule has 1 saturated heterocycles. The number of benzene rings is 1. The van der Waals surface area contributed by atoms with Crippen molar-refractivity contribution < 1.29 is 13.2 Å². The maximum atomic E-state index is 12.4. The van der Waals surface area contributed by atoms with Crippen LogP contribution in [0.4, 0.5) is 5.69 Å². The molecule has 1 aliphatic rings. The molecule has 0 aliphatic carbocycles. The number of carbonyl (C=O) groups excluding carboxylic acids is 1. The maximum Gasteiger partial charge on any atom is 0.244 e. The lowest BCUT2D eigenvalue weighted by molar-refractivity contribution is -0.122. The predicted molar refractivity (Wildman–Crippen MR) is 76.7 cm³/mol. The molecule has 0 bridgehead atoms. The maximum absolute atomic E-state index is 12.4. The minimum absolute atomic E-state index is 0.0137. The lowest BCUT2D eigenvalue weighted by Gasteiger charge is -2.26. The minimum atomic E-state index is -3.77. The molecule has 0 radical (unpaired) electrons. The van der Waals surface area contributed by atoms with Crippen LogP contribution in [0.1, 0.15) is 26.2 Å². The van der Waals surface area contributed by atoms with Crippen LogP contribution < -0.4 is 15.8 Å². The Morgan fingerprint density at radius 3 is 2.80 bits per heavy atom. The van der Waals surface area contributed by atoms with E-state index in [2.05, 4.69) is 10.6 Å². The summed E-state index contributed by atoms with van der Waals surface area (Å²) in [4.78, 5) is 12.4. The van der Waals surface area contributed by atoms with Crippen LogP contribution in [0, 0.1) is 0 Å². The number of carbonyl (C=O) groups is 1. The Balaban J connectivity index is 2.20. The first-order valence-electron chi connectivity index (χ1n) is 6.57. The summed E-state index contributed by atoms with van der Waals surface area (Å²) in [5.74, 6) is -0.135. The summed E-state index contributed by atoms with van der Waals surface area (Å²) >= 11 is 0. The molecule has 0 spiro atoms. The van der Waals surface area contributed by atoms with Gasteiger partial charge in [0.15, 0.2) is 0 Å². The highest BCUT2D eigenvalue weighted by Crippen LogP contribution is 2.25. The Morgan fingerprint density at radius 2 is 2.25 bits per heavy atom. The zero-order valence-electron chi connectivity index (χ0n) is 11.3. The van der Waals surface area contributed by atoms with E-state index in [0.29, 0.717) is 12.1 Å². The van der Waals surface area contributed by atoms with Crippen molar-refractivity contribution >= 4 is 21.6 Å². The number of nitrogens with two attached hydrogens (primary N) is 1. The lowest BCUT2D eigenvalue weighted by Crippen LogP contribution is -2.50. The SMILES string of the molecule is CCC1(C(=O)Nc2cccc(S(N)(=O)=O)c2)CCCN1. The molecule has 1 heterocycles. The Morgan fingerprint density at radius 1 is 1.50 bits per heavy atom. The van der Waals surface area contributed by atoms with Crippen LogP contribution in [0.25, 0.3) is 0 Å². The zero-order valence-corrected chi connectivity index (χ0v) is 12.2. The molecule has 1 aromatic rings. The van der Waals surface area contributed by atoms with Crippen LogP contribution >= 0.6 is 0 Å². The first kappa shape index (κ1) is 15.0. The largest absolute Gasteiger partial charge is 0.324 e. The van der Waals surface area contributed by atoms with Gasteiger partial charge in [-0.2, -0.15) is 0 Å². The van der Waals surface area contributed by atoms with E-state index in [1.807, 2.05) is 6.92 Å². The topological polar surface area (TPSA) is 101 Å². The van der Waals surface area contributed by atoms with Crippen LogP contribution in [0.2, 0.25) is 0 Å². The average molecular weight is 297 g/mol. The van der Waals surface area contributed by atoms with E-state index in [1.54, 1.807) is 12.1 Å². The van der Waals surface area contributed by atoms with Crippen molar-refractivity contribution in [1.29, 1.82) is 0 Å². The van der Waals surface area contributed by atoms with Crippen LogP contribution in [0.3, 0.4) is 0 Å². The second-order valence-corrected chi connectivity index (χ2v) is 6.55. The van der Waals surface area contributed by atoms with Gasteiger partial charge >= 0.3 is 0 Å². The van der Waals surface area contributed by atoms with Crippen LogP contribution in [-0.2, 0) is 14.8 Å². The van der Waals surface area contributed by atoms with E-state index < -0.39 is 15.6 Å². The molecule has 1 amide bonds. The highest BCUT2D eigenvalue weighted by molar-refractivity contribution is 7.89. The molecule has 4 N–H and O–H groups in total. The van der Waals surface area contributed by atoms with Crippen molar-refractivity contribution in [2.45, 2.75) is 36.6 Å². The molecule has 1 atom stereocenters. The van der Waals surface area contributed by atoms with Gasteiger partial charge < -0.3 is 10.6 Å². The summed E-state index contributed by atoms with van der Waals surface area (Å²) in [6.45, 7) is 2.77. The highest BCUT2D eigenvalue weighted by Gasteiger charge is 2.39. The van der Waals surface area contributed by atoms with Crippen molar-refractivity contribution in [3.05, 3.63) is 24.3 Å². The van der Waals surface area contributed by atoms with Gasteiger partial charge in [0.25, 0.3) is 0 Å². The Labute approximate surface area is 118 Å². The predicted octanol–water partition coefficient (Wildman–Crippen LogP) is 0.805. The van der Waals surface area contributed by atoms with Gasteiger partial charge in [0.1, 0.15) is 0 Å². The van der Waals surface area contributed by atoms with Crippen molar-refractivity contribution in [2.75, 3.05) is 11.9 Å². The third-order valence-electron chi connectivity index (χ3n) is 3.70. The number of sulfonamides is 1. The molecule has 1 aliphatic heterocycles. The van der Waals surface area contributed by atoms with Gasteiger partial charge in [-0.05, 0) is 44.0 Å². The van der Waals surface area contributed by atoms with E-state index in [4.69, 9.17) is 5.14 Å². The Hall–Kier alpha value is -1.44. The van der Waals surface area contributed by atoms with E-state index >= 15 is 0 Å². The number of amides is 1. The number of anilines is 1. The minimum Gasteiger partial charge on any atom is -0.324 e. The van der Waals surface area contributed by atoms with E-state index in [-0.39, 0.29) is 10.8 Å². The van der Waals surface area contributed by atoms with E-state index in [9.17, 15) is 13.2 Å². The molecule has 2 rings (SSSR count). The summed E-state index contributed by atoms with van der Waals surface area (Å²) in [6, 6.07) is 5.96. The standard InChI is InChI=1S/C13H19N3O3S/c1-2-13(7-4-8-15-13)12(17)16-10-5-3-6-11(9-10)20(14,18)19/h3,5-6,9,15H,2,4,7-8H2,1H3,(H,16,17)(H2,14,18,19).